The fourth-order valence-electron chi connectivity index (χ4n) is 5.47. The summed E-state index contributed by atoms with van der Waals surface area (Å²) in [5.74, 6) is 0.753. The average Bonchev–Trinajstić information content (AvgIpc) is 2.93. The van der Waals surface area contributed by atoms with E-state index in [1.807, 2.05) is 0 Å². The van der Waals surface area contributed by atoms with Gasteiger partial charge in [0.2, 0.25) is 0 Å². The second-order valence-electron chi connectivity index (χ2n) is 7.82. The minimum Gasteiger partial charge on any atom is -0.379 e. The van der Waals surface area contributed by atoms with Crippen molar-refractivity contribution in [1.82, 2.24) is 10.6 Å². The Morgan fingerprint density at radius 2 is 2.18 bits per heavy atom. The molecular weight excluding hydrogens is 276 g/mol. The molecule has 1 heterocycles. The van der Waals surface area contributed by atoms with Gasteiger partial charge in [0, 0.05) is 36.7 Å². The second-order valence-corrected chi connectivity index (χ2v) is 7.82. The molecule has 0 aromatic heterocycles. The largest absolute Gasteiger partial charge is 0.379 e. The summed E-state index contributed by atoms with van der Waals surface area (Å²) in [5, 5.41) is 7.76. The molecule has 0 radical (unpaired) electrons. The third-order valence-corrected chi connectivity index (χ3v) is 6.89. The first-order valence-corrected chi connectivity index (χ1v) is 9.52. The number of rotatable bonds is 5. The molecule has 4 rings (SSSR count). The monoisotopic (exact) mass is 308 g/mol. The maximum Gasteiger partial charge on any atom is 0.0661 e. The van der Waals surface area contributed by atoms with E-state index in [1.54, 1.807) is 0 Å². The van der Waals surface area contributed by atoms with E-state index in [0.29, 0.717) is 29.6 Å². The van der Waals surface area contributed by atoms with Gasteiger partial charge in [0.05, 0.1) is 19.3 Å². The van der Waals surface area contributed by atoms with Gasteiger partial charge in [0.15, 0.2) is 0 Å². The van der Waals surface area contributed by atoms with Crippen LogP contribution in [0.3, 0.4) is 0 Å². The van der Waals surface area contributed by atoms with Crippen LogP contribution in [-0.2, 0) is 9.47 Å². The van der Waals surface area contributed by atoms with Gasteiger partial charge in [-0.3, -0.25) is 0 Å². The smallest absolute Gasteiger partial charge is 0.0661 e. The molecule has 0 amide bonds. The molecule has 3 saturated carbocycles. The first-order valence-electron chi connectivity index (χ1n) is 9.52. The van der Waals surface area contributed by atoms with Gasteiger partial charge < -0.3 is 20.1 Å². The molecule has 3 aliphatic carbocycles. The van der Waals surface area contributed by atoms with Gasteiger partial charge in [-0.15, -0.1) is 0 Å². The fourth-order valence-corrected chi connectivity index (χ4v) is 5.47. The van der Waals surface area contributed by atoms with Gasteiger partial charge in [-0.25, -0.2) is 0 Å². The summed E-state index contributed by atoms with van der Waals surface area (Å²) in [4.78, 5) is 0. The summed E-state index contributed by atoms with van der Waals surface area (Å²) in [7, 11) is 0. The first-order chi connectivity index (χ1) is 10.8. The molecule has 1 spiro atoms. The quantitative estimate of drug-likeness (QED) is 0.816. The van der Waals surface area contributed by atoms with Crippen LogP contribution in [0.1, 0.15) is 51.9 Å². The van der Waals surface area contributed by atoms with Gasteiger partial charge in [-0.2, -0.15) is 0 Å². The van der Waals surface area contributed by atoms with Gasteiger partial charge in [-0.1, -0.05) is 12.8 Å². The lowest BCUT2D eigenvalue weighted by Crippen LogP contribution is -2.69. The molecule has 0 aromatic carbocycles. The van der Waals surface area contributed by atoms with Crippen molar-refractivity contribution in [2.75, 3.05) is 26.4 Å². The lowest BCUT2D eigenvalue weighted by atomic mass is 9.51. The highest BCUT2D eigenvalue weighted by molar-refractivity contribution is 5.13. The maximum atomic E-state index is 6.00. The molecule has 5 unspecified atom stereocenters. The maximum absolute atomic E-state index is 6.00. The molecule has 126 valence electrons. The van der Waals surface area contributed by atoms with Crippen LogP contribution in [0.4, 0.5) is 0 Å². The number of hydrogen-bond acceptors (Lipinski definition) is 4. The Morgan fingerprint density at radius 1 is 1.27 bits per heavy atom. The van der Waals surface area contributed by atoms with Crippen molar-refractivity contribution < 1.29 is 9.47 Å². The lowest BCUT2D eigenvalue weighted by Gasteiger charge is -2.62. The van der Waals surface area contributed by atoms with Crippen molar-refractivity contribution in [1.29, 1.82) is 0 Å². The van der Waals surface area contributed by atoms with E-state index in [0.717, 1.165) is 32.3 Å². The van der Waals surface area contributed by atoms with Crippen molar-refractivity contribution in [2.45, 2.75) is 76.1 Å². The van der Waals surface area contributed by atoms with Crippen molar-refractivity contribution in [3.05, 3.63) is 0 Å². The number of nitrogens with one attached hydrogen (secondary N) is 2. The van der Waals surface area contributed by atoms with E-state index in [9.17, 15) is 0 Å². The van der Waals surface area contributed by atoms with Crippen molar-refractivity contribution in [2.24, 2.45) is 11.3 Å². The Labute approximate surface area is 134 Å². The van der Waals surface area contributed by atoms with Crippen LogP contribution in [0, 0.1) is 11.3 Å². The molecule has 4 fully saturated rings. The molecule has 4 nitrogen and oxygen atoms in total. The van der Waals surface area contributed by atoms with Crippen molar-refractivity contribution >= 4 is 0 Å². The Balaban J connectivity index is 1.36. The van der Waals surface area contributed by atoms with E-state index in [1.165, 1.54) is 44.9 Å². The highest BCUT2D eigenvalue weighted by atomic mass is 16.5. The van der Waals surface area contributed by atoms with Crippen LogP contribution >= 0.6 is 0 Å². The van der Waals surface area contributed by atoms with Gasteiger partial charge in [0.25, 0.3) is 0 Å². The SMILES string of the molecule is CCOC1CC(NC2CCCC2C2COCCN2)C12CCC2. The summed E-state index contributed by atoms with van der Waals surface area (Å²) in [6.45, 7) is 5.81. The number of morpholine rings is 1. The van der Waals surface area contributed by atoms with E-state index in [4.69, 9.17) is 9.47 Å². The van der Waals surface area contributed by atoms with Crippen molar-refractivity contribution in [3.63, 3.8) is 0 Å². The summed E-state index contributed by atoms with van der Waals surface area (Å²) < 4.78 is 11.7. The normalized spacial score (nSPS) is 43.8. The molecule has 1 saturated heterocycles. The first kappa shape index (κ1) is 15.4. The Kier molecular flexibility index (Phi) is 4.46. The topological polar surface area (TPSA) is 42.5 Å². The van der Waals surface area contributed by atoms with Gasteiger partial charge in [-0.05, 0) is 44.9 Å². The van der Waals surface area contributed by atoms with E-state index >= 15 is 0 Å². The minimum atomic E-state index is 0.486. The third-order valence-electron chi connectivity index (χ3n) is 6.89. The van der Waals surface area contributed by atoms with Crippen LogP contribution in [0.25, 0.3) is 0 Å². The summed E-state index contributed by atoms with van der Waals surface area (Å²) >= 11 is 0. The van der Waals surface area contributed by atoms with E-state index < -0.39 is 0 Å². The number of ether oxygens (including phenoxy) is 2. The molecule has 22 heavy (non-hydrogen) atoms. The summed E-state index contributed by atoms with van der Waals surface area (Å²) in [6.07, 6.45) is 9.96. The van der Waals surface area contributed by atoms with Crippen LogP contribution in [0.15, 0.2) is 0 Å². The highest BCUT2D eigenvalue weighted by Crippen LogP contribution is 2.57. The fraction of sp³-hybridized carbons (Fsp3) is 1.00. The predicted molar refractivity (Wildman–Crippen MR) is 87.0 cm³/mol. The lowest BCUT2D eigenvalue weighted by molar-refractivity contribution is -0.175. The van der Waals surface area contributed by atoms with Gasteiger partial charge in [0.1, 0.15) is 0 Å². The van der Waals surface area contributed by atoms with Crippen LogP contribution in [0.2, 0.25) is 0 Å². The number of hydrogen-bond donors (Lipinski definition) is 2. The van der Waals surface area contributed by atoms with Gasteiger partial charge >= 0.3 is 0 Å². The van der Waals surface area contributed by atoms with E-state index in [2.05, 4.69) is 17.6 Å². The van der Waals surface area contributed by atoms with Crippen LogP contribution in [-0.4, -0.2) is 50.6 Å². The second kappa shape index (κ2) is 6.39. The Morgan fingerprint density at radius 3 is 2.86 bits per heavy atom. The van der Waals surface area contributed by atoms with E-state index in [-0.39, 0.29) is 0 Å². The average molecular weight is 308 g/mol. The van der Waals surface area contributed by atoms with Crippen molar-refractivity contribution in [3.8, 4) is 0 Å². The third kappa shape index (κ3) is 2.52. The molecule has 2 N–H and O–H groups in total. The zero-order valence-electron chi connectivity index (χ0n) is 14.0. The predicted octanol–water partition coefficient (Wildman–Crippen LogP) is 2.08. The summed E-state index contributed by atoms with van der Waals surface area (Å²) in [6, 6.07) is 1.95. The minimum absolute atomic E-state index is 0.486. The molecule has 4 aliphatic rings. The molecule has 0 bridgehead atoms. The molecule has 5 atom stereocenters. The standard InChI is InChI=1S/C18H32N2O2/c1-2-22-17-11-16(18(17)7-4-8-18)20-14-6-3-5-13(14)15-12-21-10-9-19-15/h13-17,19-20H,2-12H2,1H3. The summed E-state index contributed by atoms with van der Waals surface area (Å²) in [5.41, 5.74) is 0.486. The molecule has 1 aliphatic heterocycles. The molecule has 4 heteroatoms. The van der Waals surface area contributed by atoms with Crippen LogP contribution in [0.5, 0.6) is 0 Å². The zero-order chi connectivity index (χ0) is 15.0. The Bertz CT molecular complexity index is 379. The zero-order valence-corrected chi connectivity index (χ0v) is 14.0. The molecular formula is C18H32N2O2. The van der Waals surface area contributed by atoms with Crippen LogP contribution < -0.4 is 10.6 Å². The Hall–Kier alpha value is -0.160. The molecule has 0 aromatic rings. The highest BCUT2D eigenvalue weighted by Gasteiger charge is 2.59.